The molecule has 0 aliphatic rings. The second-order valence-corrected chi connectivity index (χ2v) is 7.94. The van der Waals surface area contributed by atoms with Crippen LogP contribution in [0.5, 0.6) is 0 Å². The zero-order valence-electron chi connectivity index (χ0n) is 15.4. The van der Waals surface area contributed by atoms with Crippen LogP contribution in [0, 0.1) is 13.8 Å². The molecule has 0 aliphatic heterocycles. The first kappa shape index (κ1) is 18.9. The van der Waals surface area contributed by atoms with E-state index in [1.165, 1.54) is 11.8 Å². The molecule has 0 amide bonds. The van der Waals surface area contributed by atoms with Gasteiger partial charge in [0.15, 0.2) is 0 Å². The molecule has 3 aromatic rings. The third-order valence-electron chi connectivity index (χ3n) is 4.14. The Bertz CT molecular complexity index is 963. The molecule has 0 unspecified atom stereocenters. The standard InChI is InChI=1S/C19H23N5O2S/c1-14-19(15(2)23-22-14)27(25,26)24-17-10-11-18(21-13-17)20-12-6-9-16-7-4-3-5-8-16/h3-5,7-8,10-11,13,24H,6,9,12H2,1-2H3,(H,20,21)(H,22,23). The van der Waals surface area contributed by atoms with Gasteiger partial charge in [-0.2, -0.15) is 5.10 Å². The van der Waals surface area contributed by atoms with Crippen molar-refractivity contribution in [3.63, 3.8) is 0 Å². The van der Waals surface area contributed by atoms with Crippen molar-refractivity contribution >= 4 is 21.5 Å². The van der Waals surface area contributed by atoms with Crippen LogP contribution in [-0.2, 0) is 16.4 Å². The van der Waals surface area contributed by atoms with Gasteiger partial charge in [-0.1, -0.05) is 30.3 Å². The molecule has 0 saturated heterocycles. The Balaban J connectivity index is 1.54. The third kappa shape index (κ3) is 4.85. The molecule has 27 heavy (non-hydrogen) atoms. The minimum absolute atomic E-state index is 0.172. The summed E-state index contributed by atoms with van der Waals surface area (Å²) in [5.41, 5.74) is 2.65. The summed E-state index contributed by atoms with van der Waals surface area (Å²) in [5, 5.41) is 9.86. The number of sulfonamides is 1. The number of anilines is 2. The summed E-state index contributed by atoms with van der Waals surface area (Å²) < 4.78 is 27.6. The number of nitrogens with zero attached hydrogens (tertiary/aromatic N) is 2. The number of aryl methyl sites for hydroxylation is 3. The minimum atomic E-state index is -3.70. The van der Waals surface area contributed by atoms with Crippen LogP contribution in [0.3, 0.4) is 0 Å². The molecule has 3 rings (SSSR count). The van der Waals surface area contributed by atoms with E-state index in [1.807, 2.05) is 18.2 Å². The minimum Gasteiger partial charge on any atom is -0.370 e. The highest BCUT2D eigenvalue weighted by Gasteiger charge is 2.22. The fourth-order valence-corrected chi connectivity index (χ4v) is 4.27. The largest absolute Gasteiger partial charge is 0.370 e. The molecular weight excluding hydrogens is 362 g/mol. The molecule has 1 aromatic carbocycles. The Hall–Kier alpha value is -2.87. The van der Waals surface area contributed by atoms with Gasteiger partial charge in [-0.3, -0.25) is 9.82 Å². The maximum atomic E-state index is 12.5. The van der Waals surface area contributed by atoms with Crippen LogP contribution in [-0.4, -0.2) is 30.1 Å². The first-order chi connectivity index (χ1) is 13.0. The van der Waals surface area contributed by atoms with Gasteiger partial charge >= 0.3 is 0 Å². The number of pyridine rings is 1. The maximum Gasteiger partial charge on any atom is 0.265 e. The van der Waals surface area contributed by atoms with Gasteiger partial charge in [0.25, 0.3) is 10.0 Å². The van der Waals surface area contributed by atoms with Crippen LogP contribution >= 0.6 is 0 Å². The number of aromatic amines is 1. The van der Waals surface area contributed by atoms with E-state index in [-0.39, 0.29) is 4.90 Å². The number of rotatable bonds is 8. The zero-order valence-corrected chi connectivity index (χ0v) is 16.2. The zero-order chi connectivity index (χ0) is 19.3. The summed E-state index contributed by atoms with van der Waals surface area (Å²) in [7, 11) is -3.70. The molecule has 0 spiro atoms. The lowest BCUT2D eigenvalue weighted by Gasteiger charge is -2.09. The molecule has 0 atom stereocenters. The smallest absolute Gasteiger partial charge is 0.265 e. The number of nitrogens with one attached hydrogen (secondary N) is 3. The number of hydrogen-bond acceptors (Lipinski definition) is 5. The summed E-state index contributed by atoms with van der Waals surface area (Å²) >= 11 is 0. The predicted octanol–water partition coefficient (Wildman–Crippen LogP) is 3.27. The highest BCUT2D eigenvalue weighted by molar-refractivity contribution is 7.92. The lowest BCUT2D eigenvalue weighted by molar-refractivity contribution is 0.600. The summed E-state index contributed by atoms with van der Waals surface area (Å²) in [5.74, 6) is 0.710. The van der Waals surface area contributed by atoms with Gasteiger partial charge in [0.05, 0.1) is 23.3 Å². The highest BCUT2D eigenvalue weighted by Crippen LogP contribution is 2.21. The Kier molecular flexibility index (Phi) is 5.75. The van der Waals surface area contributed by atoms with E-state index >= 15 is 0 Å². The van der Waals surface area contributed by atoms with Crippen molar-refractivity contribution < 1.29 is 8.42 Å². The van der Waals surface area contributed by atoms with Crippen LogP contribution in [0.15, 0.2) is 53.6 Å². The lowest BCUT2D eigenvalue weighted by atomic mass is 10.1. The fraction of sp³-hybridized carbons (Fsp3) is 0.263. The maximum absolute atomic E-state index is 12.5. The molecule has 3 N–H and O–H groups in total. The second kappa shape index (κ2) is 8.22. The molecule has 0 saturated carbocycles. The molecule has 0 bridgehead atoms. The molecule has 2 heterocycles. The molecule has 2 aromatic heterocycles. The fourth-order valence-electron chi connectivity index (χ4n) is 2.86. The van der Waals surface area contributed by atoms with E-state index < -0.39 is 10.0 Å². The average Bonchev–Trinajstić information content (AvgIpc) is 3.00. The van der Waals surface area contributed by atoms with Crippen LogP contribution in [0.2, 0.25) is 0 Å². The molecule has 0 aliphatic carbocycles. The Morgan fingerprint density at radius 2 is 1.85 bits per heavy atom. The predicted molar refractivity (Wildman–Crippen MR) is 106 cm³/mol. The van der Waals surface area contributed by atoms with Crippen LogP contribution in [0.4, 0.5) is 11.5 Å². The van der Waals surface area contributed by atoms with E-state index in [4.69, 9.17) is 0 Å². The quantitative estimate of drug-likeness (QED) is 0.517. The number of H-pyrrole nitrogens is 1. The van der Waals surface area contributed by atoms with Crippen molar-refractivity contribution in [3.05, 3.63) is 65.6 Å². The molecule has 0 fully saturated rings. The number of aromatic nitrogens is 3. The average molecular weight is 385 g/mol. The Labute approximate surface area is 159 Å². The summed E-state index contributed by atoms with van der Waals surface area (Å²) in [6, 6.07) is 13.8. The van der Waals surface area contributed by atoms with Crippen molar-refractivity contribution in [3.8, 4) is 0 Å². The van der Waals surface area contributed by atoms with E-state index in [1.54, 1.807) is 26.0 Å². The number of hydrogen-bond donors (Lipinski definition) is 3. The normalized spacial score (nSPS) is 11.3. The SMILES string of the molecule is Cc1n[nH]c(C)c1S(=O)(=O)Nc1ccc(NCCCc2ccccc2)nc1. The second-order valence-electron chi connectivity index (χ2n) is 6.32. The van der Waals surface area contributed by atoms with Crippen molar-refractivity contribution in [2.24, 2.45) is 0 Å². The third-order valence-corrected chi connectivity index (χ3v) is 5.78. The first-order valence-corrected chi connectivity index (χ1v) is 10.2. The van der Waals surface area contributed by atoms with Gasteiger partial charge in [-0.25, -0.2) is 13.4 Å². The van der Waals surface area contributed by atoms with Crippen molar-refractivity contribution in [2.75, 3.05) is 16.6 Å². The van der Waals surface area contributed by atoms with Gasteiger partial charge in [0.1, 0.15) is 10.7 Å². The summed E-state index contributed by atoms with van der Waals surface area (Å²) in [6.45, 7) is 4.12. The van der Waals surface area contributed by atoms with Crippen molar-refractivity contribution in [1.82, 2.24) is 15.2 Å². The summed E-state index contributed by atoms with van der Waals surface area (Å²) in [6.07, 6.45) is 3.48. The van der Waals surface area contributed by atoms with Crippen molar-refractivity contribution in [2.45, 2.75) is 31.6 Å². The van der Waals surface area contributed by atoms with Gasteiger partial charge in [0.2, 0.25) is 0 Å². The Morgan fingerprint density at radius 3 is 2.48 bits per heavy atom. The molecule has 8 heteroatoms. The van der Waals surface area contributed by atoms with Crippen LogP contribution in [0.1, 0.15) is 23.4 Å². The molecular formula is C19H23N5O2S. The van der Waals surface area contributed by atoms with Gasteiger partial charge < -0.3 is 5.32 Å². The molecule has 7 nitrogen and oxygen atoms in total. The summed E-state index contributed by atoms with van der Waals surface area (Å²) in [4.78, 5) is 4.44. The van der Waals surface area contributed by atoms with Crippen molar-refractivity contribution in [1.29, 1.82) is 0 Å². The van der Waals surface area contributed by atoms with Gasteiger partial charge in [-0.05, 0) is 44.4 Å². The van der Waals surface area contributed by atoms with E-state index in [0.29, 0.717) is 22.9 Å². The number of benzene rings is 1. The van der Waals surface area contributed by atoms with Crippen LogP contribution in [0.25, 0.3) is 0 Å². The first-order valence-electron chi connectivity index (χ1n) is 8.74. The van der Waals surface area contributed by atoms with Gasteiger partial charge in [-0.15, -0.1) is 0 Å². The topological polar surface area (TPSA) is 99.8 Å². The van der Waals surface area contributed by atoms with E-state index in [0.717, 1.165) is 19.4 Å². The van der Waals surface area contributed by atoms with E-state index in [2.05, 4.69) is 37.4 Å². The highest BCUT2D eigenvalue weighted by atomic mass is 32.2. The van der Waals surface area contributed by atoms with E-state index in [9.17, 15) is 8.42 Å². The Morgan fingerprint density at radius 1 is 1.07 bits per heavy atom. The molecule has 0 radical (unpaired) electrons. The van der Waals surface area contributed by atoms with Crippen LogP contribution < -0.4 is 10.0 Å². The van der Waals surface area contributed by atoms with Gasteiger partial charge in [0, 0.05) is 6.54 Å². The monoisotopic (exact) mass is 385 g/mol. The molecule has 142 valence electrons. The lowest BCUT2D eigenvalue weighted by Crippen LogP contribution is -2.15.